The molecule has 1 aliphatic heterocycles. The fraction of sp³-hybridized carbons (Fsp3) is 0.250. The van der Waals surface area contributed by atoms with Gasteiger partial charge in [-0.1, -0.05) is 30.3 Å². The van der Waals surface area contributed by atoms with Gasteiger partial charge in [-0.3, -0.25) is 4.79 Å². The number of benzene rings is 2. The van der Waals surface area contributed by atoms with Crippen LogP contribution in [0, 0.1) is 5.82 Å². The fourth-order valence-electron chi connectivity index (χ4n) is 3.45. The molecule has 1 aromatic heterocycles. The van der Waals surface area contributed by atoms with Crippen molar-refractivity contribution in [2.24, 2.45) is 0 Å². The highest BCUT2D eigenvalue weighted by Gasteiger charge is 2.32. The van der Waals surface area contributed by atoms with E-state index >= 15 is 0 Å². The van der Waals surface area contributed by atoms with Crippen LogP contribution in [0.3, 0.4) is 0 Å². The lowest BCUT2D eigenvalue weighted by molar-refractivity contribution is -0.122. The maximum absolute atomic E-state index is 13.8. The maximum atomic E-state index is 13.8. The van der Waals surface area contributed by atoms with Gasteiger partial charge in [0, 0.05) is 24.0 Å². The van der Waals surface area contributed by atoms with Gasteiger partial charge in [0.1, 0.15) is 24.0 Å². The van der Waals surface area contributed by atoms with Crippen LogP contribution in [0.4, 0.5) is 10.2 Å². The van der Waals surface area contributed by atoms with Crippen LogP contribution in [-0.4, -0.2) is 28.5 Å². The van der Waals surface area contributed by atoms with Crippen LogP contribution in [0.1, 0.15) is 18.4 Å². The van der Waals surface area contributed by atoms with E-state index in [4.69, 9.17) is 0 Å². The summed E-state index contributed by atoms with van der Waals surface area (Å²) in [6, 6.07) is 14.0. The quantitative estimate of drug-likeness (QED) is 0.786. The van der Waals surface area contributed by atoms with Crippen LogP contribution in [-0.2, 0) is 11.3 Å². The summed E-state index contributed by atoms with van der Waals surface area (Å²) in [4.78, 5) is 23.5. The van der Waals surface area contributed by atoms with Crippen molar-refractivity contribution in [3.05, 3.63) is 66.2 Å². The zero-order chi connectivity index (χ0) is 17.9. The van der Waals surface area contributed by atoms with Gasteiger partial charge in [0.15, 0.2) is 0 Å². The van der Waals surface area contributed by atoms with E-state index in [0.29, 0.717) is 5.56 Å². The Hall–Kier alpha value is -3.02. The van der Waals surface area contributed by atoms with Gasteiger partial charge in [0.05, 0.1) is 5.52 Å². The lowest BCUT2D eigenvalue weighted by Crippen LogP contribution is -2.43. The highest BCUT2D eigenvalue weighted by Crippen LogP contribution is 2.29. The number of anilines is 1. The molecule has 4 rings (SSSR count). The van der Waals surface area contributed by atoms with E-state index in [1.54, 1.807) is 18.2 Å². The highest BCUT2D eigenvalue weighted by molar-refractivity contribution is 5.93. The van der Waals surface area contributed by atoms with Crippen molar-refractivity contribution >= 4 is 22.6 Å². The average Bonchev–Trinajstić information content (AvgIpc) is 3.16. The topological polar surface area (TPSA) is 58.1 Å². The normalized spacial score (nSPS) is 16.8. The third kappa shape index (κ3) is 3.10. The van der Waals surface area contributed by atoms with Gasteiger partial charge in [-0.05, 0) is 31.0 Å². The summed E-state index contributed by atoms with van der Waals surface area (Å²) in [5.41, 5.74) is 1.34. The van der Waals surface area contributed by atoms with Crippen molar-refractivity contribution in [1.82, 2.24) is 15.3 Å². The number of nitrogens with one attached hydrogen (secondary N) is 1. The molecule has 2 aromatic carbocycles. The number of hydrogen-bond donors (Lipinski definition) is 1. The van der Waals surface area contributed by atoms with Crippen molar-refractivity contribution < 1.29 is 9.18 Å². The number of fused-ring (bicyclic) bond motifs is 1. The first-order valence-electron chi connectivity index (χ1n) is 8.71. The summed E-state index contributed by atoms with van der Waals surface area (Å²) in [6.45, 7) is 0.944. The van der Waals surface area contributed by atoms with Gasteiger partial charge in [-0.15, -0.1) is 0 Å². The van der Waals surface area contributed by atoms with Crippen LogP contribution < -0.4 is 10.2 Å². The van der Waals surface area contributed by atoms with Gasteiger partial charge in [0.2, 0.25) is 5.91 Å². The Bertz CT molecular complexity index is 941. The highest BCUT2D eigenvalue weighted by atomic mass is 19.1. The van der Waals surface area contributed by atoms with Crippen molar-refractivity contribution in [1.29, 1.82) is 0 Å². The molecule has 1 fully saturated rings. The Kier molecular flexibility index (Phi) is 4.48. The molecule has 6 heteroatoms. The number of para-hydroxylation sites is 1. The van der Waals surface area contributed by atoms with Gasteiger partial charge >= 0.3 is 0 Å². The van der Waals surface area contributed by atoms with Crippen molar-refractivity contribution in [3.8, 4) is 0 Å². The van der Waals surface area contributed by atoms with E-state index < -0.39 is 0 Å². The molecule has 1 saturated heterocycles. The first-order valence-corrected chi connectivity index (χ1v) is 8.71. The van der Waals surface area contributed by atoms with E-state index in [2.05, 4.69) is 15.3 Å². The molecular weight excluding hydrogens is 331 g/mol. The average molecular weight is 350 g/mol. The standard InChI is InChI=1S/C20H19FN4O/c21-16-8-3-1-6-14(16)12-22-20(26)18-10-5-11-25(18)19-15-7-2-4-9-17(15)23-13-24-19/h1-4,6-9,13,18H,5,10-12H2,(H,22,26). The molecule has 0 saturated carbocycles. The summed E-state index contributed by atoms with van der Waals surface area (Å²) < 4.78 is 13.8. The molecule has 3 aromatic rings. The minimum absolute atomic E-state index is 0.103. The molecule has 0 spiro atoms. The van der Waals surface area contributed by atoms with Crippen LogP contribution in [0.2, 0.25) is 0 Å². The first kappa shape index (κ1) is 16.4. The molecule has 2 heterocycles. The van der Waals surface area contributed by atoms with Gasteiger partial charge in [0.25, 0.3) is 0 Å². The van der Waals surface area contributed by atoms with Crippen LogP contribution in [0.15, 0.2) is 54.9 Å². The molecular formula is C20H19FN4O. The Morgan fingerprint density at radius 2 is 1.96 bits per heavy atom. The fourth-order valence-corrected chi connectivity index (χ4v) is 3.45. The molecule has 1 aliphatic rings. The number of hydrogen-bond acceptors (Lipinski definition) is 4. The van der Waals surface area contributed by atoms with E-state index in [0.717, 1.165) is 36.1 Å². The Labute approximate surface area is 150 Å². The largest absolute Gasteiger partial charge is 0.350 e. The summed E-state index contributed by atoms with van der Waals surface area (Å²) >= 11 is 0. The summed E-state index contributed by atoms with van der Waals surface area (Å²) in [6.07, 6.45) is 3.20. The van der Waals surface area contributed by atoms with Gasteiger partial charge in [-0.25, -0.2) is 14.4 Å². The maximum Gasteiger partial charge on any atom is 0.243 e. The molecule has 5 nitrogen and oxygen atoms in total. The van der Waals surface area contributed by atoms with E-state index in [1.807, 2.05) is 29.2 Å². The molecule has 1 unspecified atom stereocenters. The second-order valence-electron chi connectivity index (χ2n) is 6.38. The van der Waals surface area contributed by atoms with Crippen molar-refractivity contribution in [2.45, 2.75) is 25.4 Å². The lowest BCUT2D eigenvalue weighted by atomic mass is 10.1. The minimum atomic E-state index is -0.308. The van der Waals surface area contributed by atoms with Crippen molar-refractivity contribution in [3.63, 3.8) is 0 Å². The van der Waals surface area contributed by atoms with E-state index in [1.165, 1.54) is 12.4 Å². The summed E-state index contributed by atoms with van der Waals surface area (Å²) in [5, 5.41) is 3.80. The Morgan fingerprint density at radius 3 is 2.85 bits per heavy atom. The summed E-state index contributed by atoms with van der Waals surface area (Å²) in [5.74, 6) is 0.366. The lowest BCUT2D eigenvalue weighted by Gasteiger charge is -2.25. The number of nitrogens with zero attached hydrogens (tertiary/aromatic N) is 3. The zero-order valence-electron chi connectivity index (χ0n) is 14.2. The van der Waals surface area contributed by atoms with Crippen LogP contribution in [0.25, 0.3) is 10.9 Å². The van der Waals surface area contributed by atoms with Crippen LogP contribution in [0.5, 0.6) is 0 Å². The Morgan fingerprint density at radius 1 is 1.15 bits per heavy atom. The number of aromatic nitrogens is 2. The third-order valence-corrected chi connectivity index (χ3v) is 4.76. The number of carbonyl (C=O) groups is 1. The molecule has 26 heavy (non-hydrogen) atoms. The predicted molar refractivity (Wildman–Crippen MR) is 98.2 cm³/mol. The van der Waals surface area contributed by atoms with Crippen LogP contribution >= 0.6 is 0 Å². The zero-order valence-corrected chi connectivity index (χ0v) is 14.2. The number of amides is 1. The molecule has 1 atom stereocenters. The molecule has 0 radical (unpaired) electrons. The molecule has 1 N–H and O–H groups in total. The first-order chi connectivity index (χ1) is 12.7. The van der Waals surface area contributed by atoms with E-state index in [-0.39, 0.29) is 24.3 Å². The number of carbonyl (C=O) groups excluding carboxylic acids is 1. The number of rotatable bonds is 4. The monoisotopic (exact) mass is 350 g/mol. The Balaban J connectivity index is 1.54. The SMILES string of the molecule is O=C(NCc1ccccc1F)C1CCCN1c1ncnc2ccccc12. The molecule has 132 valence electrons. The molecule has 0 aliphatic carbocycles. The van der Waals surface area contributed by atoms with Crippen molar-refractivity contribution in [2.75, 3.05) is 11.4 Å². The second-order valence-corrected chi connectivity index (χ2v) is 6.38. The predicted octanol–water partition coefficient (Wildman–Crippen LogP) is 3.05. The smallest absolute Gasteiger partial charge is 0.243 e. The van der Waals surface area contributed by atoms with E-state index in [9.17, 15) is 9.18 Å². The van der Waals surface area contributed by atoms with Gasteiger partial charge < -0.3 is 10.2 Å². The van der Waals surface area contributed by atoms with Gasteiger partial charge in [-0.2, -0.15) is 0 Å². The summed E-state index contributed by atoms with van der Waals surface area (Å²) in [7, 11) is 0. The third-order valence-electron chi connectivity index (χ3n) is 4.76. The minimum Gasteiger partial charge on any atom is -0.350 e. The second kappa shape index (κ2) is 7.07. The molecule has 0 bridgehead atoms. The molecule has 1 amide bonds. The number of halogens is 1.